The molecule has 0 unspecified atom stereocenters. The molecule has 0 spiro atoms. The van der Waals surface area contributed by atoms with Gasteiger partial charge in [-0.1, -0.05) is 6.92 Å². The lowest BCUT2D eigenvalue weighted by atomic mass is 10.1. The highest BCUT2D eigenvalue weighted by Crippen LogP contribution is 2.04. The van der Waals surface area contributed by atoms with Crippen molar-refractivity contribution in [2.45, 2.75) is 32.8 Å². The minimum absolute atomic E-state index is 0.225. The third-order valence-corrected chi connectivity index (χ3v) is 1.69. The monoisotopic (exact) mass is 175 g/mol. The van der Waals surface area contributed by atoms with Crippen LogP contribution in [0.3, 0.4) is 0 Å². The summed E-state index contributed by atoms with van der Waals surface area (Å²) in [7, 11) is 0. The van der Waals surface area contributed by atoms with Crippen molar-refractivity contribution in [3.8, 4) is 0 Å². The maximum absolute atomic E-state index is 9.51. The molecule has 0 radical (unpaired) electrons. The van der Waals surface area contributed by atoms with Crippen molar-refractivity contribution in [1.82, 2.24) is 4.90 Å². The molecule has 0 saturated carbocycles. The van der Waals surface area contributed by atoms with E-state index in [9.17, 15) is 5.11 Å². The minimum atomic E-state index is -0.633. The van der Waals surface area contributed by atoms with E-state index in [2.05, 4.69) is 11.8 Å². The van der Waals surface area contributed by atoms with Crippen molar-refractivity contribution in [2.24, 2.45) is 0 Å². The van der Waals surface area contributed by atoms with Gasteiger partial charge in [0.15, 0.2) is 0 Å². The highest BCUT2D eigenvalue weighted by atomic mass is 16.3. The number of hydrogen-bond donors (Lipinski definition) is 2. The van der Waals surface area contributed by atoms with Gasteiger partial charge in [-0.2, -0.15) is 0 Å². The van der Waals surface area contributed by atoms with Gasteiger partial charge in [-0.05, 0) is 26.8 Å². The average Bonchev–Trinajstić information content (AvgIpc) is 1.95. The van der Waals surface area contributed by atoms with E-state index in [-0.39, 0.29) is 6.61 Å². The number of likely N-dealkylation sites (N-methyl/N-ethyl adjacent to an activating group) is 1. The summed E-state index contributed by atoms with van der Waals surface area (Å²) in [5.41, 5.74) is -0.633. The molecule has 0 heterocycles. The largest absolute Gasteiger partial charge is 0.396 e. The van der Waals surface area contributed by atoms with Crippen LogP contribution in [-0.2, 0) is 0 Å². The molecule has 0 rings (SSSR count). The molecule has 2 N–H and O–H groups in total. The van der Waals surface area contributed by atoms with Gasteiger partial charge >= 0.3 is 0 Å². The fourth-order valence-corrected chi connectivity index (χ4v) is 1.19. The van der Waals surface area contributed by atoms with Gasteiger partial charge in [0.2, 0.25) is 0 Å². The van der Waals surface area contributed by atoms with E-state index in [0.717, 1.165) is 19.5 Å². The fraction of sp³-hybridized carbons (Fsp3) is 1.00. The number of aliphatic hydroxyl groups is 2. The molecule has 74 valence electrons. The highest BCUT2D eigenvalue weighted by molar-refractivity contribution is 4.71. The first-order valence-electron chi connectivity index (χ1n) is 4.55. The van der Waals surface area contributed by atoms with E-state index < -0.39 is 5.60 Å². The van der Waals surface area contributed by atoms with Crippen molar-refractivity contribution in [3.05, 3.63) is 0 Å². The molecular weight excluding hydrogens is 154 g/mol. The van der Waals surface area contributed by atoms with Crippen LogP contribution in [-0.4, -0.2) is 47.0 Å². The Labute approximate surface area is 75.0 Å². The van der Waals surface area contributed by atoms with Crippen LogP contribution in [0.2, 0.25) is 0 Å². The van der Waals surface area contributed by atoms with E-state index in [4.69, 9.17) is 5.11 Å². The van der Waals surface area contributed by atoms with Crippen molar-refractivity contribution in [2.75, 3.05) is 26.2 Å². The quantitative estimate of drug-likeness (QED) is 0.616. The summed E-state index contributed by atoms with van der Waals surface area (Å²) in [6.07, 6.45) is 0.782. The van der Waals surface area contributed by atoms with Gasteiger partial charge in [-0.3, -0.25) is 0 Å². The first-order valence-corrected chi connectivity index (χ1v) is 4.55. The molecule has 0 saturated heterocycles. The molecule has 0 atom stereocenters. The standard InChI is InChI=1S/C9H21NO2/c1-4-10(6-5-7-11)8-9(2,3)12/h11-12H,4-8H2,1-3H3. The van der Waals surface area contributed by atoms with Gasteiger partial charge in [0.25, 0.3) is 0 Å². The number of aliphatic hydroxyl groups excluding tert-OH is 1. The van der Waals surface area contributed by atoms with Crippen LogP contribution in [0.5, 0.6) is 0 Å². The molecule has 0 bridgehead atoms. The van der Waals surface area contributed by atoms with E-state index in [1.165, 1.54) is 0 Å². The topological polar surface area (TPSA) is 43.7 Å². The van der Waals surface area contributed by atoms with Gasteiger partial charge in [-0.25, -0.2) is 0 Å². The number of hydrogen-bond acceptors (Lipinski definition) is 3. The van der Waals surface area contributed by atoms with Crippen molar-refractivity contribution < 1.29 is 10.2 Å². The van der Waals surface area contributed by atoms with Gasteiger partial charge in [-0.15, -0.1) is 0 Å². The van der Waals surface area contributed by atoms with E-state index >= 15 is 0 Å². The summed E-state index contributed by atoms with van der Waals surface area (Å²) in [6, 6.07) is 0. The zero-order valence-electron chi connectivity index (χ0n) is 8.38. The van der Waals surface area contributed by atoms with E-state index in [0.29, 0.717) is 6.54 Å². The van der Waals surface area contributed by atoms with Crippen LogP contribution >= 0.6 is 0 Å². The molecule has 12 heavy (non-hydrogen) atoms. The van der Waals surface area contributed by atoms with Crippen LogP contribution in [0.15, 0.2) is 0 Å². The summed E-state index contributed by atoms with van der Waals surface area (Å²) < 4.78 is 0. The normalized spacial score (nSPS) is 12.5. The summed E-state index contributed by atoms with van der Waals surface area (Å²) in [6.45, 7) is 8.33. The van der Waals surface area contributed by atoms with Crippen molar-refractivity contribution >= 4 is 0 Å². The number of nitrogens with zero attached hydrogens (tertiary/aromatic N) is 1. The Morgan fingerprint density at radius 3 is 2.25 bits per heavy atom. The molecule has 0 fully saturated rings. The zero-order valence-corrected chi connectivity index (χ0v) is 8.38. The van der Waals surface area contributed by atoms with E-state index in [1.54, 1.807) is 13.8 Å². The predicted octanol–water partition coefficient (Wildman–Crippen LogP) is 0.462. The summed E-state index contributed by atoms with van der Waals surface area (Å²) in [5.74, 6) is 0. The Hall–Kier alpha value is -0.120. The molecule has 3 nitrogen and oxygen atoms in total. The molecule has 0 aromatic carbocycles. The average molecular weight is 175 g/mol. The lowest BCUT2D eigenvalue weighted by Crippen LogP contribution is -2.39. The molecule has 0 aromatic rings. The van der Waals surface area contributed by atoms with Crippen LogP contribution in [0, 0.1) is 0 Å². The zero-order chi connectivity index (χ0) is 9.61. The second kappa shape index (κ2) is 5.51. The van der Waals surface area contributed by atoms with Gasteiger partial charge in [0.1, 0.15) is 0 Å². The van der Waals surface area contributed by atoms with Crippen molar-refractivity contribution in [1.29, 1.82) is 0 Å². The summed E-state index contributed by atoms with van der Waals surface area (Å²) in [5, 5.41) is 18.1. The van der Waals surface area contributed by atoms with E-state index in [1.807, 2.05) is 0 Å². The molecule has 0 aromatic heterocycles. The first kappa shape index (κ1) is 11.9. The maximum atomic E-state index is 9.51. The van der Waals surface area contributed by atoms with Gasteiger partial charge in [0, 0.05) is 19.7 Å². The van der Waals surface area contributed by atoms with Gasteiger partial charge < -0.3 is 15.1 Å². The highest BCUT2D eigenvalue weighted by Gasteiger charge is 2.16. The molecule has 3 heteroatoms. The summed E-state index contributed by atoms with van der Waals surface area (Å²) >= 11 is 0. The Balaban J connectivity index is 3.67. The lowest BCUT2D eigenvalue weighted by molar-refractivity contribution is 0.0360. The Bertz CT molecular complexity index is 110. The fourth-order valence-electron chi connectivity index (χ4n) is 1.19. The lowest BCUT2D eigenvalue weighted by Gasteiger charge is -2.27. The van der Waals surface area contributed by atoms with Crippen LogP contribution in [0.1, 0.15) is 27.2 Å². The second-order valence-electron chi connectivity index (χ2n) is 3.76. The molecule has 0 aliphatic carbocycles. The third kappa shape index (κ3) is 6.58. The first-order chi connectivity index (χ1) is 5.49. The third-order valence-electron chi connectivity index (χ3n) is 1.69. The van der Waals surface area contributed by atoms with Gasteiger partial charge in [0.05, 0.1) is 5.60 Å². The smallest absolute Gasteiger partial charge is 0.0718 e. The Kier molecular flexibility index (Phi) is 5.46. The van der Waals surface area contributed by atoms with Crippen LogP contribution < -0.4 is 0 Å². The summed E-state index contributed by atoms with van der Waals surface area (Å²) in [4.78, 5) is 2.14. The second-order valence-corrected chi connectivity index (χ2v) is 3.76. The SMILES string of the molecule is CCN(CCCO)CC(C)(C)O. The van der Waals surface area contributed by atoms with Crippen molar-refractivity contribution in [3.63, 3.8) is 0 Å². The molecule has 0 amide bonds. The van der Waals surface area contributed by atoms with Crippen LogP contribution in [0.25, 0.3) is 0 Å². The minimum Gasteiger partial charge on any atom is -0.396 e. The van der Waals surface area contributed by atoms with Crippen LogP contribution in [0.4, 0.5) is 0 Å². The molecule has 0 aliphatic heterocycles. The Morgan fingerprint density at radius 1 is 1.33 bits per heavy atom. The molecule has 0 aliphatic rings. The maximum Gasteiger partial charge on any atom is 0.0718 e. The predicted molar refractivity (Wildman–Crippen MR) is 50.1 cm³/mol. The molecular formula is C9H21NO2. The number of rotatable bonds is 6. The Morgan fingerprint density at radius 2 is 1.92 bits per heavy atom.